The van der Waals surface area contributed by atoms with Crippen LogP contribution in [0.25, 0.3) is 0 Å². The van der Waals surface area contributed by atoms with Crippen LogP contribution in [0, 0.1) is 0 Å². The fraction of sp³-hybridized carbons (Fsp3) is 0.125. The quantitative estimate of drug-likeness (QED) is 0.838. The van der Waals surface area contributed by atoms with Gasteiger partial charge in [-0.3, -0.25) is 4.84 Å². The highest BCUT2D eigenvalue weighted by Crippen LogP contribution is 2.28. The van der Waals surface area contributed by atoms with Crippen molar-refractivity contribution in [2.24, 2.45) is 0 Å². The van der Waals surface area contributed by atoms with Crippen molar-refractivity contribution in [3.8, 4) is 11.5 Å². The van der Waals surface area contributed by atoms with Crippen LogP contribution in [0.4, 0.5) is 13.2 Å². The summed E-state index contributed by atoms with van der Waals surface area (Å²) in [5.41, 5.74) is 2.98. The Kier molecular flexibility index (Phi) is 4.67. The number of carboxylic acids is 1. The third-order valence-electron chi connectivity index (χ3n) is 3.21. The number of carboxylic acid groups (broad SMARTS) is 1. The second-order valence-electron chi connectivity index (χ2n) is 5.07. The second kappa shape index (κ2) is 6.92. The molecule has 1 atom stereocenters. The Labute approximate surface area is 144 Å². The first-order valence-electron chi connectivity index (χ1n) is 7.16. The number of pyridine rings is 1. The number of benzene rings is 1. The normalized spacial score (nSPS) is 16.6. The number of hydrogen-bond donors (Lipinski definition) is 2. The van der Waals surface area contributed by atoms with Crippen LogP contribution >= 0.6 is 0 Å². The van der Waals surface area contributed by atoms with E-state index in [1.54, 1.807) is 6.08 Å². The van der Waals surface area contributed by atoms with Crippen LogP contribution in [0.2, 0.25) is 0 Å². The average molecular weight is 368 g/mol. The SMILES string of the molecule is O=C(O)c1ccc(OC2=CC(c3ccc(OC(F)(F)F)cc3)ON2)cn1. The van der Waals surface area contributed by atoms with Crippen LogP contribution in [0.3, 0.4) is 0 Å². The lowest BCUT2D eigenvalue weighted by atomic mass is 10.1. The number of nitrogens with zero attached hydrogens (tertiary/aromatic N) is 1. The summed E-state index contributed by atoms with van der Waals surface area (Å²) >= 11 is 0. The largest absolute Gasteiger partial charge is 0.573 e. The van der Waals surface area contributed by atoms with Crippen molar-refractivity contribution in [2.45, 2.75) is 12.5 Å². The predicted molar refractivity (Wildman–Crippen MR) is 80.0 cm³/mol. The predicted octanol–water partition coefficient (Wildman–Crippen LogP) is 3.17. The lowest BCUT2D eigenvalue weighted by Crippen LogP contribution is -2.17. The molecule has 136 valence electrons. The number of rotatable bonds is 5. The number of nitrogens with one attached hydrogen (secondary N) is 1. The van der Waals surface area contributed by atoms with Gasteiger partial charge in [-0.05, 0) is 29.8 Å². The summed E-state index contributed by atoms with van der Waals surface area (Å²) in [6, 6.07) is 7.91. The van der Waals surface area contributed by atoms with Crippen molar-refractivity contribution in [1.29, 1.82) is 0 Å². The zero-order valence-electron chi connectivity index (χ0n) is 12.9. The Bertz CT molecular complexity index is 819. The van der Waals surface area contributed by atoms with Crippen LogP contribution in [0.15, 0.2) is 54.6 Å². The number of halogens is 3. The maximum atomic E-state index is 12.1. The molecule has 1 aromatic heterocycles. The minimum absolute atomic E-state index is 0.124. The second-order valence-corrected chi connectivity index (χ2v) is 5.07. The topological polar surface area (TPSA) is 89.9 Å². The van der Waals surface area contributed by atoms with Gasteiger partial charge < -0.3 is 14.6 Å². The molecule has 0 radical (unpaired) electrons. The lowest BCUT2D eigenvalue weighted by molar-refractivity contribution is -0.274. The van der Waals surface area contributed by atoms with Crippen LogP contribution in [-0.4, -0.2) is 22.4 Å². The van der Waals surface area contributed by atoms with Gasteiger partial charge in [0.25, 0.3) is 0 Å². The summed E-state index contributed by atoms with van der Waals surface area (Å²) < 4.78 is 45.7. The maximum absolute atomic E-state index is 12.1. The van der Waals surface area contributed by atoms with Crippen molar-refractivity contribution >= 4 is 5.97 Å². The molecule has 1 aliphatic heterocycles. The molecule has 10 heteroatoms. The van der Waals surface area contributed by atoms with Crippen molar-refractivity contribution in [2.75, 3.05) is 0 Å². The Morgan fingerprint density at radius 2 is 1.85 bits per heavy atom. The van der Waals surface area contributed by atoms with E-state index >= 15 is 0 Å². The van der Waals surface area contributed by atoms with Gasteiger partial charge in [-0.25, -0.2) is 15.3 Å². The smallest absolute Gasteiger partial charge is 0.477 e. The first-order chi connectivity index (χ1) is 12.3. The summed E-state index contributed by atoms with van der Waals surface area (Å²) in [5, 5.41) is 8.78. The van der Waals surface area contributed by atoms with Gasteiger partial charge in [0, 0.05) is 6.08 Å². The molecule has 0 saturated heterocycles. The van der Waals surface area contributed by atoms with Gasteiger partial charge in [-0.2, -0.15) is 0 Å². The summed E-state index contributed by atoms with van der Waals surface area (Å²) in [7, 11) is 0. The van der Waals surface area contributed by atoms with E-state index in [1.165, 1.54) is 42.6 Å². The number of ether oxygens (including phenoxy) is 2. The van der Waals surface area contributed by atoms with Crippen molar-refractivity contribution < 1.29 is 37.4 Å². The van der Waals surface area contributed by atoms with Gasteiger partial charge in [-0.15, -0.1) is 13.2 Å². The highest BCUT2D eigenvalue weighted by molar-refractivity contribution is 5.85. The zero-order chi connectivity index (χ0) is 18.7. The summed E-state index contributed by atoms with van der Waals surface area (Å²) in [5.74, 6) is -0.976. The maximum Gasteiger partial charge on any atom is 0.573 e. The molecule has 2 N–H and O–H groups in total. The molecule has 1 unspecified atom stereocenters. The van der Waals surface area contributed by atoms with Crippen molar-refractivity contribution in [3.63, 3.8) is 0 Å². The molecule has 1 aromatic carbocycles. The third-order valence-corrected chi connectivity index (χ3v) is 3.21. The molecule has 0 amide bonds. The minimum Gasteiger partial charge on any atom is -0.477 e. The number of carbonyl (C=O) groups is 1. The highest BCUT2D eigenvalue weighted by atomic mass is 19.4. The van der Waals surface area contributed by atoms with Gasteiger partial charge in [-0.1, -0.05) is 12.1 Å². The Hall–Kier alpha value is -3.27. The zero-order valence-corrected chi connectivity index (χ0v) is 12.9. The van der Waals surface area contributed by atoms with E-state index in [0.29, 0.717) is 5.56 Å². The molecule has 26 heavy (non-hydrogen) atoms. The Balaban J connectivity index is 1.64. The molecule has 0 fully saturated rings. The monoisotopic (exact) mass is 368 g/mol. The van der Waals surface area contributed by atoms with Crippen molar-refractivity contribution in [3.05, 3.63) is 65.8 Å². The number of aromatic carboxylic acids is 1. The number of hydroxylamine groups is 1. The van der Waals surface area contributed by atoms with Crippen molar-refractivity contribution in [1.82, 2.24) is 10.5 Å². The van der Waals surface area contributed by atoms with E-state index in [0.717, 1.165) is 0 Å². The number of aromatic nitrogens is 1. The Morgan fingerprint density at radius 1 is 1.15 bits per heavy atom. The number of alkyl halides is 3. The standard InChI is InChI=1S/C16H11F3N2O5/c17-16(18,19)25-10-3-1-9(2-4-10)13-7-14(21-26-13)24-11-5-6-12(15(22)23)20-8-11/h1-8,13,21H,(H,22,23). The minimum atomic E-state index is -4.75. The van der Waals surface area contributed by atoms with E-state index in [9.17, 15) is 18.0 Å². The van der Waals surface area contributed by atoms with E-state index in [4.69, 9.17) is 14.7 Å². The summed E-state index contributed by atoms with van der Waals surface area (Å²) in [6.07, 6.45) is -2.54. The van der Waals surface area contributed by atoms with E-state index in [1.807, 2.05) is 0 Å². The first kappa shape index (κ1) is 17.5. The molecule has 0 saturated carbocycles. The third kappa shape index (κ3) is 4.42. The van der Waals surface area contributed by atoms with Crippen LogP contribution in [0.1, 0.15) is 22.2 Å². The molecule has 0 bridgehead atoms. The van der Waals surface area contributed by atoms with Gasteiger partial charge in [0.1, 0.15) is 23.3 Å². The molecule has 3 rings (SSSR count). The van der Waals surface area contributed by atoms with E-state index < -0.39 is 18.4 Å². The molecule has 7 nitrogen and oxygen atoms in total. The fourth-order valence-corrected chi connectivity index (χ4v) is 2.10. The highest BCUT2D eigenvalue weighted by Gasteiger charge is 2.31. The summed E-state index contributed by atoms with van der Waals surface area (Å²) in [4.78, 5) is 19.7. The summed E-state index contributed by atoms with van der Waals surface area (Å²) in [6.45, 7) is 0. The van der Waals surface area contributed by atoms with Gasteiger partial charge in [0.15, 0.2) is 0 Å². The van der Waals surface area contributed by atoms with Crippen LogP contribution in [-0.2, 0) is 4.84 Å². The molecular weight excluding hydrogens is 357 g/mol. The molecule has 0 spiro atoms. The molecule has 0 aliphatic carbocycles. The first-order valence-corrected chi connectivity index (χ1v) is 7.16. The number of hydrogen-bond acceptors (Lipinski definition) is 6. The average Bonchev–Trinajstić information content (AvgIpc) is 3.03. The fourth-order valence-electron chi connectivity index (χ4n) is 2.10. The van der Waals surface area contributed by atoms with E-state index in [2.05, 4.69) is 15.2 Å². The van der Waals surface area contributed by atoms with Crippen LogP contribution < -0.4 is 15.0 Å². The molecule has 2 heterocycles. The van der Waals surface area contributed by atoms with Crippen LogP contribution in [0.5, 0.6) is 11.5 Å². The molecule has 2 aromatic rings. The Morgan fingerprint density at radius 3 is 2.42 bits per heavy atom. The van der Waals surface area contributed by atoms with Gasteiger partial charge in [0.2, 0.25) is 5.88 Å². The molecular formula is C16H11F3N2O5. The lowest BCUT2D eigenvalue weighted by Gasteiger charge is -2.11. The van der Waals surface area contributed by atoms with Gasteiger partial charge >= 0.3 is 12.3 Å². The molecule has 1 aliphatic rings. The van der Waals surface area contributed by atoms with Gasteiger partial charge in [0.05, 0.1) is 6.20 Å². The van der Waals surface area contributed by atoms with E-state index in [-0.39, 0.29) is 23.1 Å².